The van der Waals surface area contributed by atoms with E-state index in [-0.39, 0.29) is 6.04 Å². The molecule has 1 N–H and O–H groups in total. The summed E-state index contributed by atoms with van der Waals surface area (Å²) in [6.07, 6.45) is 7.13. The van der Waals surface area contributed by atoms with Crippen molar-refractivity contribution in [3.8, 4) is 0 Å². The van der Waals surface area contributed by atoms with E-state index in [4.69, 9.17) is 4.74 Å². The zero-order valence-corrected chi connectivity index (χ0v) is 12.2. The summed E-state index contributed by atoms with van der Waals surface area (Å²) in [5.74, 6) is 0. The summed E-state index contributed by atoms with van der Waals surface area (Å²) in [7, 11) is 0. The van der Waals surface area contributed by atoms with Crippen molar-refractivity contribution in [3.63, 3.8) is 0 Å². The molecule has 0 amide bonds. The third-order valence-electron chi connectivity index (χ3n) is 4.34. The summed E-state index contributed by atoms with van der Waals surface area (Å²) in [6, 6.07) is 0.766. The maximum absolute atomic E-state index is 13.8. The summed E-state index contributed by atoms with van der Waals surface area (Å²) in [6.45, 7) is 3.74. The average Bonchev–Trinajstić information content (AvgIpc) is 2.87. The minimum absolute atomic E-state index is 0.253. The molecule has 2 atom stereocenters. The molecular formula is C15H23FN4O. The van der Waals surface area contributed by atoms with Gasteiger partial charge in [-0.25, -0.2) is 14.4 Å². The number of alkyl halides is 1. The molecular weight excluding hydrogens is 271 g/mol. The van der Waals surface area contributed by atoms with Gasteiger partial charge in [0.2, 0.25) is 0 Å². The predicted octanol–water partition coefficient (Wildman–Crippen LogP) is 1.16. The van der Waals surface area contributed by atoms with E-state index in [0.29, 0.717) is 19.0 Å². The lowest BCUT2D eigenvalue weighted by Crippen LogP contribution is -2.43. The molecule has 1 aromatic rings. The SMILES string of the molecule is F[C@H]1C[C@@H](CNC2CCOCC2)N(Cc2cncnc2)C1. The standard InChI is InChI=1S/C15H23FN4O/c16-13-5-15(8-19-14-1-3-21-4-2-14)20(10-13)9-12-6-17-11-18-7-12/h6-7,11,13-15,19H,1-5,8-10H2/t13-,15-/m0/s1. The highest BCUT2D eigenvalue weighted by atomic mass is 19.1. The molecule has 0 radical (unpaired) electrons. The van der Waals surface area contributed by atoms with Gasteiger partial charge >= 0.3 is 0 Å². The number of rotatable bonds is 5. The van der Waals surface area contributed by atoms with Gasteiger partial charge in [-0.1, -0.05) is 0 Å². The summed E-state index contributed by atoms with van der Waals surface area (Å²) < 4.78 is 19.1. The predicted molar refractivity (Wildman–Crippen MR) is 77.6 cm³/mol. The van der Waals surface area contributed by atoms with E-state index in [0.717, 1.165) is 44.7 Å². The molecule has 0 aliphatic carbocycles. The number of hydrogen-bond donors (Lipinski definition) is 1. The van der Waals surface area contributed by atoms with Crippen molar-refractivity contribution in [1.29, 1.82) is 0 Å². The first kappa shape index (κ1) is 14.8. The van der Waals surface area contributed by atoms with Crippen molar-refractivity contribution in [3.05, 3.63) is 24.3 Å². The van der Waals surface area contributed by atoms with Crippen LogP contribution < -0.4 is 5.32 Å². The van der Waals surface area contributed by atoms with Crippen LogP contribution in [0.15, 0.2) is 18.7 Å². The number of ether oxygens (including phenoxy) is 1. The van der Waals surface area contributed by atoms with E-state index in [1.165, 1.54) is 6.33 Å². The Hall–Kier alpha value is -1.11. The fourth-order valence-corrected chi connectivity index (χ4v) is 3.18. The van der Waals surface area contributed by atoms with Gasteiger partial charge in [0.15, 0.2) is 0 Å². The first-order chi connectivity index (χ1) is 10.3. The van der Waals surface area contributed by atoms with Crippen LogP contribution in [-0.4, -0.2) is 59.4 Å². The van der Waals surface area contributed by atoms with Gasteiger partial charge in [0, 0.05) is 62.9 Å². The fourth-order valence-electron chi connectivity index (χ4n) is 3.18. The van der Waals surface area contributed by atoms with Crippen molar-refractivity contribution >= 4 is 0 Å². The third kappa shape index (κ3) is 4.18. The zero-order chi connectivity index (χ0) is 14.5. The number of nitrogens with zero attached hydrogens (tertiary/aromatic N) is 3. The molecule has 1 aromatic heterocycles. The Morgan fingerprint density at radius 2 is 2.05 bits per heavy atom. The van der Waals surface area contributed by atoms with Crippen molar-refractivity contribution in [1.82, 2.24) is 20.2 Å². The van der Waals surface area contributed by atoms with Gasteiger partial charge in [-0.15, -0.1) is 0 Å². The molecule has 0 aromatic carbocycles. The van der Waals surface area contributed by atoms with Crippen molar-refractivity contribution in [2.75, 3.05) is 26.3 Å². The Labute approximate surface area is 124 Å². The molecule has 0 saturated carbocycles. The smallest absolute Gasteiger partial charge is 0.115 e. The molecule has 3 rings (SSSR count). The van der Waals surface area contributed by atoms with Gasteiger partial charge in [0.25, 0.3) is 0 Å². The van der Waals surface area contributed by atoms with Crippen LogP contribution in [0.1, 0.15) is 24.8 Å². The zero-order valence-electron chi connectivity index (χ0n) is 12.2. The Balaban J connectivity index is 1.52. The van der Waals surface area contributed by atoms with Gasteiger partial charge in [-0.3, -0.25) is 4.90 Å². The molecule has 5 nitrogen and oxygen atoms in total. The number of halogens is 1. The van der Waals surface area contributed by atoms with Crippen LogP contribution >= 0.6 is 0 Å². The highest BCUT2D eigenvalue weighted by molar-refractivity contribution is 5.04. The Bertz CT molecular complexity index is 427. The Morgan fingerprint density at radius 1 is 1.29 bits per heavy atom. The molecule has 2 aliphatic heterocycles. The quantitative estimate of drug-likeness (QED) is 0.883. The van der Waals surface area contributed by atoms with E-state index in [2.05, 4.69) is 20.2 Å². The minimum Gasteiger partial charge on any atom is -0.381 e. The van der Waals surface area contributed by atoms with Crippen LogP contribution in [0.4, 0.5) is 4.39 Å². The average molecular weight is 294 g/mol. The van der Waals surface area contributed by atoms with E-state index >= 15 is 0 Å². The molecule has 0 spiro atoms. The fraction of sp³-hybridized carbons (Fsp3) is 0.733. The Kier molecular flexibility index (Phi) is 5.11. The van der Waals surface area contributed by atoms with Crippen LogP contribution in [-0.2, 0) is 11.3 Å². The number of nitrogens with one attached hydrogen (secondary N) is 1. The molecule has 2 fully saturated rings. The monoisotopic (exact) mass is 294 g/mol. The molecule has 6 heteroatoms. The summed E-state index contributed by atoms with van der Waals surface area (Å²) in [5.41, 5.74) is 1.04. The largest absolute Gasteiger partial charge is 0.381 e. The van der Waals surface area contributed by atoms with E-state index < -0.39 is 6.17 Å². The van der Waals surface area contributed by atoms with Crippen molar-refractivity contribution in [2.45, 2.75) is 44.1 Å². The lowest BCUT2D eigenvalue weighted by Gasteiger charge is -2.28. The molecule has 116 valence electrons. The van der Waals surface area contributed by atoms with Gasteiger partial charge in [0.1, 0.15) is 12.5 Å². The summed E-state index contributed by atoms with van der Waals surface area (Å²) in [4.78, 5) is 10.3. The van der Waals surface area contributed by atoms with Crippen LogP contribution in [0, 0.1) is 0 Å². The van der Waals surface area contributed by atoms with Crippen molar-refractivity contribution < 1.29 is 9.13 Å². The second kappa shape index (κ2) is 7.24. The van der Waals surface area contributed by atoms with E-state index in [9.17, 15) is 4.39 Å². The molecule has 21 heavy (non-hydrogen) atoms. The normalized spacial score (nSPS) is 28.0. The van der Waals surface area contributed by atoms with E-state index in [1.54, 1.807) is 0 Å². The first-order valence-electron chi connectivity index (χ1n) is 7.74. The maximum Gasteiger partial charge on any atom is 0.115 e. The summed E-state index contributed by atoms with van der Waals surface area (Å²) >= 11 is 0. The lowest BCUT2D eigenvalue weighted by atomic mass is 10.1. The van der Waals surface area contributed by atoms with Gasteiger partial charge in [0.05, 0.1) is 0 Å². The number of hydrogen-bond acceptors (Lipinski definition) is 5. The summed E-state index contributed by atoms with van der Waals surface area (Å²) in [5, 5.41) is 3.58. The molecule has 2 saturated heterocycles. The molecule has 3 heterocycles. The second-order valence-electron chi connectivity index (χ2n) is 5.96. The molecule has 0 bridgehead atoms. The van der Waals surface area contributed by atoms with Crippen LogP contribution in [0.25, 0.3) is 0 Å². The van der Waals surface area contributed by atoms with Gasteiger partial charge in [-0.2, -0.15) is 0 Å². The minimum atomic E-state index is -0.726. The van der Waals surface area contributed by atoms with Gasteiger partial charge in [-0.05, 0) is 19.3 Å². The second-order valence-corrected chi connectivity index (χ2v) is 5.96. The lowest BCUT2D eigenvalue weighted by molar-refractivity contribution is 0.0758. The highest BCUT2D eigenvalue weighted by Crippen LogP contribution is 2.22. The van der Waals surface area contributed by atoms with Crippen LogP contribution in [0.2, 0.25) is 0 Å². The van der Waals surface area contributed by atoms with E-state index in [1.807, 2.05) is 12.4 Å². The number of aromatic nitrogens is 2. The van der Waals surface area contributed by atoms with Crippen molar-refractivity contribution in [2.24, 2.45) is 0 Å². The maximum atomic E-state index is 13.8. The van der Waals surface area contributed by atoms with Crippen LogP contribution in [0.3, 0.4) is 0 Å². The molecule has 2 aliphatic rings. The Morgan fingerprint density at radius 3 is 2.81 bits per heavy atom. The van der Waals surface area contributed by atoms with Gasteiger partial charge < -0.3 is 10.1 Å². The van der Waals surface area contributed by atoms with Crippen LogP contribution in [0.5, 0.6) is 0 Å². The number of likely N-dealkylation sites (tertiary alicyclic amines) is 1. The topological polar surface area (TPSA) is 50.3 Å². The first-order valence-corrected chi connectivity index (χ1v) is 7.74. The highest BCUT2D eigenvalue weighted by Gasteiger charge is 2.32. The third-order valence-corrected chi connectivity index (χ3v) is 4.34. The molecule has 0 unspecified atom stereocenters.